The standard InChI is InChI=1S/C59H96O26/c1-24-34(63)38(67)42(71)49(78-24)83-46-29(20-60)80-48(45(74)41(46)70)77-22-30-37(66)40(69)44(73)51(81-30)85-53(75)59-17-15-55(5,23-61)19-27(59)26-9-10-32-56(6)13-12-33(54(3,4)31(56)11-14-58(32,8)57(26,7)16-18-59)82-52-47(36(65)28(62)21-76-52)84-50-43(72)39(68)35(64)25(2)79-50/h9,24-25,27-52,60-74H,10-23H2,1-8H3/t24-,25-,27?,28-,29+,30+,31?,32?,33-,34-,35-,36-,37+,38+,39+,40-,41+,42+,43+,44+,45+,46+,47+,48+,49-,50-,51-,52-,55+,56-,57+,58+,59-/m0/s1. The number of hydrogen-bond donors (Lipinski definition) is 15. The van der Waals surface area contributed by atoms with Crippen LogP contribution in [-0.2, 0) is 52.2 Å². The summed E-state index contributed by atoms with van der Waals surface area (Å²) in [6, 6.07) is 0. The Labute approximate surface area is 494 Å². The maximum absolute atomic E-state index is 15.3. The summed E-state index contributed by atoms with van der Waals surface area (Å²) < 4.78 is 59.5. The quantitative estimate of drug-likeness (QED) is 0.0513. The van der Waals surface area contributed by atoms with Crippen LogP contribution in [0.25, 0.3) is 0 Å². The molecule has 9 fully saturated rings. The minimum Gasteiger partial charge on any atom is -0.432 e. The summed E-state index contributed by atoms with van der Waals surface area (Å²) in [5.74, 6) is -0.762. The van der Waals surface area contributed by atoms with Gasteiger partial charge in [0, 0.05) is 6.61 Å². The highest BCUT2D eigenvalue weighted by Crippen LogP contribution is 2.76. The van der Waals surface area contributed by atoms with Crippen LogP contribution >= 0.6 is 0 Å². The molecule has 488 valence electrons. The number of hydrogen-bond acceptors (Lipinski definition) is 26. The van der Waals surface area contributed by atoms with Gasteiger partial charge in [-0.2, -0.15) is 0 Å². The number of allylic oxidation sites excluding steroid dienone is 2. The normalized spacial score (nSPS) is 55.3. The van der Waals surface area contributed by atoms with Gasteiger partial charge in [-0.3, -0.25) is 4.79 Å². The molecule has 15 N–H and O–H groups in total. The van der Waals surface area contributed by atoms with Crippen LogP contribution < -0.4 is 0 Å². The highest BCUT2D eigenvalue weighted by molar-refractivity contribution is 5.79. The fraction of sp³-hybridized carbons (Fsp3) is 0.949. The van der Waals surface area contributed by atoms with Crippen molar-refractivity contribution < 1.29 is 129 Å². The number of carbonyl (C=O) groups excluding carboxylic acids is 1. The SMILES string of the molecule is C[C@@H]1O[C@@H](O[C@H]2[C@H](O[C@H]3CC[C@@]4(C)C(CC[C@]5(C)C4CC=C4C6C[C@](C)(CO)CC[C@]6(C(=O)O[C@@H]6O[C@H](CO[C@@H]7O[C@H](CO)[C@@H](O[C@@H]8O[C@@H](C)[C@H](O)[C@@H](O)[C@H]8O)[C@H](O)[C@H]7O)[C@@H](O)[C@H](O)[C@H]6O)CC[C@]45C)C3(C)C)OC[C@H](O)[C@@H]2O)[C@H](O)[C@H](O)[C@H]1O. The maximum atomic E-state index is 15.3. The molecular weight excluding hydrogens is 1120 g/mol. The maximum Gasteiger partial charge on any atom is 0.315 e. The molecule has 3 unspecified atom stereocenters. The fourth-order valence-corrected chi connectivity index (χ4v) is 17.6. The molecule has 0 spiro atoms. The van der Waals surface area contributed by atoms with E-state index in [9.17, 15) is 76.6 Å². The summed E-state index contributed by atoms with van der Waals surface area (Å²) in [7, 11) is 0. The van der Waals surface area contributed by atoms with Crippen LogP contribution in [0.5, 0.6) is 0 Å². The number of carbonyl (C=O) groups is 1. The van der Waals surface area contributed by atoms with Crippen molar-refractivity contribution in [2.24, 2.45) is 50.2 Å². The Morgan fingerprint density at radius 1 is 0.565 bits per heavy atom. The monoisotopic (exact) mass is 1220 g/mol. The van der Waals surface area contributed by atoms with Crippen LogP contribution in [-0.4, -0.2) is 263 Å². The number of aliphatic hydroxyl groups excluding tert-OH is 15. The van der Waals surface area contributed by atoms with Crippen LogP contribution in [0.1, 0.15) is 120 Å². The number of esters is 1. The Kier molecular flexibility index (Phi) is 19.0. The van der Waals surface area contributed by atoms with E-state index in [0.29, 0.717) is 44.9 Å². The molecule has 26 nitrogen and oxygen atoms in total. The van der Waals surface area contributed by atoms with E-state index in [4.69, 9.17) is 47.4 Å². The molecule has 5 aliphatic heterocycles. The second-order valence-electron chi connectivity index (χ2n) is 28.4. The van der Waals surface area contributed by atoms with Crippen molar-refractivity contribution in [1.29, 1.82) is 0 Å². The van der Waals surface area contributed by atoms with Crippen molar-refractivity contribution in [3.05, 3.63) is 11.6 Å². The van der Waals surface area contributed by atoms with Crippen molar-refractivity contribution in [3.63, 3.8) is 0 Å². The number of rotatable bonds is 13. The van der Waals surface area contributed by atoms with Gasteiger partial charge in [0.15, 0.2) is 25.2 Å². The molecule has 0 bridgehead atoms. The van der Waals surface area contributed by atoms with Crippen LogP contribution in [0.3, 0.4) is 0 Å². The Balaban J connectivity index is 0.833. The summed E-state index contributed by atoms with van der Waals surface area (Å²) in [5, 5.41) is 162. The number of ether oxygens (including phenoxy) is 10. The van der Waals surface area contributed by atoms with Crippen LogP contribution in [0, 0.1) is 50.2 Å². The first-order valence-corrected chi connectivity index (χ1v) is 30.6. The highest BCUT2D eigenvalue weighted by Gasteiger charge is 2.70. The summed E-state index contributed by atoms with van der Waals surface area (Å²) in [5.41, 5.74) is -1.95. The molecule has 5 aliphatic carbocycles. The lowest BCUT2D eigenvalue weighted by Gasteiger charge is -2.71. The van der Waals surface area contributed by atoms with Gasteiger partial charge < -0.3 is 124 Å². The zero-order valence-electron chi connectivity index (χ0n) is 49.8. The molecule has 5 saturated heterocycles. The zero-order chi connectivity index (χ0) is 62.0. The fourth-order valence-electron chi connectivity index (χ4n) is 17.6. The smallest absolute Gasteiger partial charge is 0.315 e. The molecule has 4 saturated carbocycles. The van der Waals surface area contributed by atoms with E-state index >= 15 is 4.79 Å². The van der Waals surface area contributed by atoms with Crippen molar-refractivity contribution in [2.45, 2.75) is 273 Å². The average molecular weight is 1220 g/mol. The summed E-state index contributed by atoms with van der Waals surface area (Å²) in [4.78, 5) is 15.3. The molecule has 10 aliphatic rings. The van der Waals surface area contributed by atoms with Crippen molar-refractivity contribution in [3.8, 4) is 0 Å². The van der Waals surface area contributed by atoms with E-state index in [1.165, 1.54) is 13.8 Å². The highest BCUT2D eigenvalue weighted by atomic mass is 16.8. The second kappa shape index (κ2) is 24.4. The van der Waals surface area contributed by atoms with E-state index < -0.39 is 200 Å². The molecule has 33 atom stereocenters. The van der Waals surface area contributed by atoms with Crippen molar-refractivity contribution >= 4 is 5.97 Å². The topological polar surface area (TPSA) is 413 Å². The lowest BCUT2D eigenvalue weighted by Crippen LogP contribution is -2.66. The molecule has 26 heteroatoms. The Morgan fingerprint density at radius 3 is 1.76 bits per heavy atom. The predicted octanol–water partition coefficient (Wildman–Crippen LogP) is -2.54. The Hall–Kier alpha value is -1.75. The minimum atomic E-state index is -1.92. The van der Waals surface area contributed by atoms with E-state index in [2.05, 4.69) is 40.7 Å². The van der Waals surface area contributed by atoms with Crippen molar-refractivity contribution in [2.75, 3.05) is 26.4 Å². The third-order valence-electron chi connectivity index (χ3n) is 23.3. The van der Waals surface area contributed by atoms with Gasteiger partial charge in [-0.25, -0.2) is 0 Å². The van der Waals surface area contributed by atoms with E-state index in [-0.39, 0.29) is 35.9 Å². The molecule has 0 aromatic heterocycles. The Morgan fingerprint density at radius 2 is 1.14 bits per heavy atom. The second-order valence-corrected chi connectivity index (χ2v) is 28.4. The van der Waals surface area contributed by atoms with E-state index in [1.54, 1.807) is 0 Å². The number of fused-ring (bicyclic) bond motifs is 7. The molecule has 0 radical (unpaired) electrons. The van der Waals surface area contributed by atoms with Gasteiger partial charge in [0.1, 0.15) is 104 Å². The first kappa shape index (κ1) is 66.2. The third kappa shape index (κ3) is 11.1. The molecule has 10 rings (SSSR count). The van der Waals surface area contributed by atoms with Gasteiger partial charge in [0.2, 0.25) is 6.29 Å². The van der Waals surface area contributed by atoms with E-state index in [1.807, 2.05) is 6.92 Å². The third-order valence-corrected chi connectivity index (χ3v) is 23.3. The predicted molar refractivity (Wildman–Crippen MR) is 288 cm³/mol. The minimum absolute atomic E-state index is 0.121. The number of aliphatic hydroxyl groups is 15. The van der Waals surface area contributed by atoms with E-state index in [0.717, 1.165) is 24.8 Å². The lowest BCUT2D eigenvalue weighted by atomic mass is 9.33. The average Bonchev–Trinajstić information content (AvgIpc) is 0.705. The zero-order valence-corrected chi connectivity index (χ0v) is 49.8. The van der Waals surface area contributed by atoms with Gasteiger partial charge in [0.25, 0.3) is 0 Å². The molecular formula is C59H96O26. The van der Waals surface area contributed by atoms with Gasteiger partial charge >= 0.3 is 5.97 Å². The summed E-state index contributed by atoms with van der Waals surface area (Å²) in [6.07, 6.45) is -29.4. The molecule has 85 heavy (non-hydrogen) atoms. The molecule has 0 aromatic carbocycles. The van der Waals surface area contributed by atoms with Crippen molar-refractivity contribution in [1.82, 2.24) is 0 Å². The summed E-state index contributed by atoms with van der Waals surface area (Å²) >= 11 is 0. The molecule has 5 heterocycles. The van der Waals surface area contributed by atoms with Crippen LogP contribution in [0.2, 0.25) is 0 Å². The van der Waals surface area contributed by atoms with Gasteiger partial charge in [-0.1, -0.05) is 53.2 Å². The summed E-state index contributed by atoms with van der Waals surface area (Å²) in [6.45, 7) is 14.6. The first-order chi connectivity index (χ1) is 39.8. The van der Waals surface area contributed by atoms with Gasteiger partial charge in [0.05, 0.1) is 43.5 Å². The molecule has 0 amide bonds. The largest absolute Gasteiger partial charge is 0.432 e. The Bertz CT molecular complexity index is 2370. The van der Waals surface area contributed by atoms with Crippen LogP contribution in [0.4, 0.5) is 0 Å². The van der Waals surface area contributed by atoms with Crippen LogP contribution in [0.15, 0.2) is 11.6 Å². The lowest BCUT2D eigenvalue weighted by molar-refractivity contribution is -0.364. The van der Waals surface area contributed by atoms with Gasteiger partial charge in [-0.15, -0.1) is 0 Å². The van der Waals surface area contributed by atoms with Gasteiger partial charge in [-0.05, 0) is 123 Å². The first-order valence-electron chi connectivity index (χ1n) is 30.6. The molecule has 0 aromatic rings.